The Balaban J connectivity index is 3.72. The van der Waals surface area contributed by atoms with E-state index in [0.29, 0.717) is 12.1 Å². The fraction of sp³-hybridized carbons (Fsp3) is 1.00. The molecule has 0 fully saturated rings. The monoisotopic (exact) mass is 228 g/mol. The zero-order valence-corrected chi connectivity index (χ0v) is 12.2. The van der Waals surface area contributed by atoms with Gasteiger partial charge in [0.25, 0.3) is 0 Å². The van der Waals surface area contributed by atoms with Crippen LogP contribution in [0.15, 0.2) is 0 Å². The van der Waals surface area contributed by atoms with Crippen molar-refractivity contribution >= 4 is 0 Å². The van der Waals surface area contributed by atoms with Crippen molar-refractivity contribution in [2.24, 2.45) is 5.92 Å². The van der Waals surface area contributed by atoms with E-state index in [1.807, 2.05) is 0 Å². The first-order chi connectivity index (χ1) is 7.49. The molecule has 2 nitrogen and oxygen atoms in total. The summed E-state index contributed by atoms with van der Waals surface area (Å²) < 4.78 is 0. The SMILES string of the molecule is CCN(CC)CC(C)NC(C)CCC(C)C. The van der Waals surface area contributed by atoms with Crippen LogP contribution in [0.3, 0.4) is 0 Å². The summed E-state index contributed by atoms with van der Waals surface area (Å²) in [6.45, 7) is 17.1. The molecule has 0 aromatic carbocycles. The van der Waals surface area contributed by atoms with Crippen LogP contribution in [0.25, 0.3) is 0 Å². The topological polar surface area (TPSA) is 15.3 Å². The summed E-state index contributed by atoms with van der Waals surface area (Å²) in [4.78, 5) is 2.48. The number of nitrogens with one attached hydrogen (secondary N) is 1. The highest BCUT2D eigenvalue weighted by Crippen LogP contribution is 2.07. The van der Waals surface area contributed by atoms with Crippen LogP contribution in [0, 0.1) is 5.92 Å². The fourth-order valence-corrected chi connectivity index (χ4v) is 2.07. The second kappa shape index (κ2) is 9.00. The Morgan fingerprint density at radius 1 is 0.875 bits per heavy atom. The second-order valence-electron chi connectivity index (χ2n) is 5.43. The third kappa shape index (κ3) is 8.12. The Morgan fingerprint density at radius 2 is 1.44 bits per heavy atom. The van der Waals surface area contributed by atoms with Gasteiger partial charge in [-0.1, -0.05) is 27.7 Å². The van der Waals surface area contributed by atoms with E-state index in [4.69, 9.17) is 0 Å². The van der Waals surface area contributed by atoms with Crippen LogP contribution in [0.2, 0.25) is 0 Å². The van der Waals surface area contributed by atoms with E-state index < -0.39 is 0 Å². The van der Waals surface area contributed by atoms with E-state index in [1.165, 1.54) is 19.4 Å². The van der Waals surface area contributed by atoms with Gasteiger partial charge < -0.3 is 10.2 Å². The van der Waals surface area contributed by atoms with E-state index >= 15 is 0 Å². The van der Waals surface area contributed by atoms with E-state index in [1.54, 1.807) is 0 Å². The van der Waals surface area contributed by atoms with Gasteiger partial charge in [-0.05, 0) is 45.7 Å². The summed E-state index contributed by atoms with van der Waals surface area (Å²) >= 11 is 0. The summed E-state index contributed by atoms with van der Waals surface area (Å²) in [6, 6.07) is 1.25. The van der Waals surface area contributed by atoms with Gasteiger partial charge in [0, 0.05) is 18.6 Å². The van der Waals surface area contributed by atoms with Gasteiger partial charge in [0.15, 0.2) is 0 Å². The molecule has 1 N–H and O–H groups in total. The molecule has 0 saturated heterocycles. The van der Waals surface area contributed by atoms with Crippen LogP contribution >= 0.6 is 0 Å². The first-order valence-corrected chi connectivity index (χ1v) is 6.97. The molecule has 0 rings (SSSR count). The lowest BCUT2D eigenvalue weighted by Gasteiger charge is -2.26. The standard InChI is InChI=1S/C14H32N2/c1-7-16(8-2)11-14(6)15-13(5)10-9-12(3)4/h12-15H,7-11H2,1-6H3. The molecule has 2 atom stereocenters. The quantitative estimate of drug-likeness (QED) is 0.652. The zero-order valence-electron chi connectivity index (χ0n) is 12.2. The summed E-state index contributed by atoms with van der Waals surface area (Å²) in [5.74, 6) is 0.822. The molecule has 2 unspecified atom stereocenters. The Hall–Kier alpha value is -0.0800. The lowest BCUT2D eigenvalue weighted by molar-refractivity contribution is 0.259. The number of rotatable bonds is 9. The van der Waals surface area contributed by atoms with Gasteiger partial charge >= 0.3 is 0 Å². The molecule has 0 spiro atoms. The Morgan fingerprint density at radius 3 is 1.88 bits per heavy atom. The molecule has 0 aliphatic rings. The number of likely N-dealkylation sites (N-methyl/N-ethyl adjacent to an activating group) is 1. The molecule has 2 heteroatoms. The van der Waals surface area contributed by atoms with Crippen molar-refractivity contribution < 1.29 is 0 Å². The highest BCUT2D eigenvalue weighted by molar-refractivity contribution is 4.71. The van der Waals surface area contributed by atoms with Gasteiger partial charge in [-0.3, -0.25) is 0 Å². The molecule has 0 aromatic rings. The normalized spacial score (nSPS) is 15.8. The Kier molecular flexibility index (Phi) is 8.96. The van der Waals surface area contributed by atoms with Gasteiger partial charge in [0.05, 0.1) is 0 Å². The third-order valence-electron chi connectivity index (χ3n) is 3.17. The fourth-order valence-electron chi connectivity index (χ4n) is 2.07. The highest BCUT2D eigenvalue weighted by Gasteiger charge is 2.10. The van der Waals surface area contributed by atoms with Crippen molar-refractivity contribution in [3.8, 4) is 0 Å². The predicted octanol–water partition coefficient (Wildman–Crippen LogP) is 3.13. The maximum absolute atomic E-state index is 3.69. The summed E-state index contributed by atoms with van der Waals surface area (Å²) in [6.07, 6.45) is 2.62. The first-order valence-electron chi connectivity index (χ1n) is 6.97. The van der Waals surface area contributed by atoms with Gasteiger partial charge in [0.2, 0.25) is 0 Å². The number of hydrogen-bond donors (Lipinski definition) is 1. The van der Waals surface area contributed by atoms with Crippen molar-refractivity contribution in [2.75, 3.05) is 19.6 Å². The molecular weight excluding hydrogens is 196 g/mol. The van der Waals surface area contributed by atoms with Crippen molar-refractivity contribution in [2.45, 2.75) is 66.5 Å². The van der Waals surface area contributed by atoms with Crippen LogP contribution in [-0.4, -0.2) is 36.6 Å². The summed E-state index contributed by atoms with van der Waals surface area (Å²) in [7, 11) is 0. The van der Waals surface area contributed by atoms with Crippen molar-refractivity contribution in [3.05, 3.63) is 0 Å². The van der Waals surface area contributed by atoms with E-state index in [-0.39, 0.29) is 0 Å². The molecule has 0 aromatic heterocycles. The maximum atomic E-state index is 3.69. The molecule has 0 aliphatic carbocycles. The molecule has 16 heavy (non-hydrogen) atoms. The predicted molar refractivity (Wildman–Crippen MR) is 73.9 cm³/mol. The van der Waals surface area contributed by atoms with Crippen molar-refractivity contribution in [1.29, 1.82) is 0 Å². The van der Waals surface area contributed by atoms with E-state index in [2.05, 4.69) is 51.8 Å². The van der Waals surface area contributed by atoms with E-state index in [9.17, 15) is 0 Å². The van der Waals surface area contributed by atoms with Crippen LogP contribution in [0.1, 0.15) is 54.4 Å². The summed E-state index contributed by atoms with van der Waals surface area (Å²) in [5.41, 5.74) is 0. The van der Waals surface area contributed by atoms with E-state index in [0.717, 1.165) is 19.0 Å². The first kappa shape index (κ1) is 15.9. The number of nitrogens with zero attached hydrogens (tertiary/aromatic N) is 1. The molecule has 0 heterocycles. The molecule has 0 amide bonds. The minimum Gasteiger partial charge on any atom is -0.311 e. The number of hydrogen-bond acceptors (Lipinski definition) is 2. The van der Waals surface area contributed by atoms with Crippen molar-refractivity contribution in [3.63, 3.8) is 0 Å². The van der Waals surface area contributed by atoms with Crippen LogP contribution in [-0.2, 0) is 0 Å². The third-order valence-corrected chi connectivity index (χ3v) is 3.17. The van der Waals surface area contributed by atoms with Gasteiger partial charge in [0.1, 0.15) is 0 Å². The van der Waals surface area contributed by atoms with Crippen LogP contribution in [0.5, 0.6) is 0 Å². The maximum Gasteiger partial charge on any atom is 0.0169 e. The molecule has 0 radical (unpaired) electrons. The van der Waals surface area contributed by atoms with Gasteiger partial charge in [-0.2, -0.15) is 0 Å². The average molecular weight is 228 g/mol. The molecule has 0 bridgehead atoms. The highest BCUT2D eigenvalue weighted by atomic mass is 15.1. The summed E-state index contributed by atoms with van der Waals surface area (Å²) in [5, 5.41) is 3.69. The smallest absolute Gasteiger partial charge is 0.0169 e. The zero-order chi connectivity index (χ0) is 12.6. The minimum absolute atomic E-state index is 0.599. The van der Waals surface area contributed by atoms with Crippen LogP contribution in [0.4, 0.5) is 0 Å². The van der Waals surface area contributed by atoms with Gasteiger partial charge in [-0.25, -0.2) is 0 Å². The second-order valence-corrected chi connectivity index (χ2v) is 5.43. The lowest BCUT2D eigenvalue weighted by Crippen LogP contribution is -2.43. The largest absolute Gasteiger partial charge is 0.311 e. The molecule has 98 valence electrons. The lowest BCUT2D eigenvalue weighted by atomic mass is 10.0. The molecular formula is C14H32N2. The van der Waals surface area contributed by atoms with Crippen molar-refractivity contribution in [1.82, 2.24) is 10.2 Å². The Bertz CT molecular complexity index is 153. The van der Waals surface area contributed by atoms with Crippen LogP contribution < -0.4 is 5.32 Å². The molecule has 0 aliphatic heterocycles. The Labute approximate surface area is 103 Å². The molecule has 0 saturated carbocycles. The minimum atomic E-state index is 0.599. The van der Waals surface area contributed by atoms with Gasteiger partial charge in [-0.15, -0.1) is 0 Å². The average Bonchev–Trinajstić information content (AvgIpc) is 2.23.